The van der Waals surface area contributed by atoms with Crippen molar-refractivity contribution in [1.82, 2.24) is 0 Å². The maximum absolute atomic E-state index is 12.4. The fourth-order valence-electron chi connectivity index (χ4n) is 10.6. The fraction of sp³-hybridized carbons (Fsp3) is 0.929. The first-order chi connectivity index (χ1) is 14.6. The summed E-state index contributed by atoms with van der Waals surface area (Å²) in [5, 5.41) is 22.7. The Morgan fingerprint density at radius 2 is 1.84 bits per heavy atom. The Balaban J connectivity index is 1.27. The number of rotatable bonds is 4. The third-order valence-electron chi connectivity index (χ3n) is 12.2. The average Bonchev–Trinajstić information content (AvgIpc) is 3.28. The minimum atomic E-state index is -0.502. The summed E-state index contributed by atoms with van der Waals surface area (Å²) in [6, 6.07) is 0. The van der Waals surface area contributed by atoms with E-state index in [2.05, 4.69) is 34.3 Å². The molecule has 0 amide bonds. The van der Waals surface area contributed by atoms with Gasteiger partial charge in [-0.25, -0.2) is 0 Å². The summed E-state index contributed by atoms with van der Waals surface area (Å²) in [5.41, 5.74) is 1.26. The van der Waals surface area contributed by atoms with Gasteiger partial charge in [-0.2, -0.15) is 0 Å². The number of ether oxygens (including phenoxy) is 1. The first kappa shape index (κ1) is 21.2. The van der Waals surface area contributed by atoms with E-state index >= 15 is 0 Å². The monoisotopic (exact) mass is 428 g/mol. The molecule has 6 saturated carbocycles. The van der Waals surface area contributed by atoms with E-state index in [0.717, 1.165) is 51.4 Å². The summed E-state index contributed by atoms with van der Waals surface area (Å²) in [6.07, 6.45) is 11.1. The summed E-state index contributed by atoms with van der Waals surface area (Å²) < 4.78 is 6.89. The van der Waals surface area contributed by atoms with Crippen LogP contribution < -0.4 is 0 Å². The van der Waals surface area contributed by atoms with Gasteiger partial charge in [-0.05, 0) is 106 Å². The summed E-state index contributed by atoms with van der Waals surface area (Å²) in [6.45, 7) is 13.7. The predicted octanol–water partition coefficient (Wildman–Crippen LogP) is 5.49. The Morgan fingerprint density at radius 3 is 2.58 bits per heavy atom. The van der Waals surface area contributed by atoms with Crippen molar-refractivity contribution in [2.45, 2.75) is 115 Å². The smallest absolute Gasteiger partial charge is 0.0719 e. The highest BCUT2D eigenvalue weighted by atomic mass is 16.5. The van der Waals surface area contributed by atoms with Crippen molar-refractivity contribution >= 4 is 0 Å². The molecule has 11 atom stereocenters. The van der Waals surface area contributed by atoms with Crippen molar-refractivity contribution in [2.75, 3.05) is 0 Å². The molecule has 1 heterocycles. The molecule has 31 heavy (non-hydrogen) atoms. The minimum absolute atomic E-state index is 0.0347. The molecule has 11 unspecified atom stereocenters. The van der Waals surface area contributed by atoms with Crippen LogP contribution in [0.4, 0.5) is 0 Å². The van der Waals surface area contributed by atoms with Crippen LogP contribution >= 0.6 is 0 Å². The van der Waals surface area contributed by atoms with Crippen LogP contribution in [0, 0.1) is 46.3 Å². The third-order valence-corrected chi connectivity index (χ3v) is 12.2. The highest BCUT2D eigenvalue weighted by Crippen LogP contribution is 2.83. The van der Waals surface area contributed by atoms with E-state index in [9.17, 15) is 10.2 Å². The molecule has 7 rings (SSSR count). The Kier molecular flexibility index (Phi) is 4.36. The third kappa shape index (κ3) is 2.42. The van der Waals surface area contributed by atoms with E-state index in [0.29, 0.717) is 41.6 Å². The van der Waals surface area contributed by atoms with Gasteiger partial charge in [0.25, 0.3) is 0 Å². The van der Waals surface area contributed by atoms with Gasteiger partial charge in [0, 0.05) is 11.3 Å². The zero-order chi connectivity index (χ0) is 22.0. The molecule has 1 saturated heterocycles. The number of aliphatic hydroxyl groups excluding tert-OH is 1. The van der Waals surface area contributed by atoms with E-state index in [4.69, 9.17) is 4.74 Å². The highest BCUT2D eigenvalue weighted by Gasteiger charge is 2.85. The second-order valence-corrected chi connectivity index (χ2v) is 13.5. The first-order valence-electron chi connectivity index (χ1n) is 13.3. The standard InChI is InChI=1S/C28H44O3/c1-16(2)17(3)6-11-26(5)22-15-20-23-27(22,24(20)31-26)12-9-21-25(4)10-8-19(29)14-18(25)7-13-28(21,23)30/h16,18-24,29-30H,3,6-15H2,1-2,4-5H3. The summed E-state index contributed by atoms with van der Waals surface area (Å²) >= 11 is 0. The molecule has 3 nitrogen and oxygen atoms in total. The topological polar surface area (TPSA) is 49.7 Å². The summed E-state index contributed by atoms with van der Waals surface area (Å²) in [5.74, 6) is 3.19. The van der Waals surface area contributed by atoms with Crippen molar-refractivity contribution in [1.29, 1.82) is 0 Å². The lowest BCUT2D eigenvalue weighted by Gasteiger charge is -2.69. The summed E-state index contributed by atoms with van der Waals surface area (Å²) in [4.78, 5) is 0. The van der Waals surface area contributed by atoms with Crippen LogP contribution in [-0.2, 0) is 4.74 Å². The van der Waals surface area contributed by atoms with Crippen LogP contribution in [0.15, 0.2) is 12.2 Å². The lowest BCUT2D eigenvalue weighted by atomic mass is 9.37. The molecule has 3 heteroatoms. The maximum atomic E-state index is 12.4. The predicted molar refractivity (Wildman–Crippen MR) is 122 cm³/mol. The van der Waals surface area contributed by atoms with Crippen molar-refractivity contribution in [3.8, 4) is 0 Å². The lowest BCUT2D eigenvalue weighted by Crippen LogP contribution is -2.72. The number of aliphatic hydroxyl groups is 2. The van der Waals surface area contributed by atoms with Crippen LogP contribution in [-0.4, -0.2) is 33.6 Å². The molecule has 6 aliphatic carbocycles. The molecule has 174 valence electrons. The van der Waals surface area contributed by atoms with Crippen molar-refractivity contribution in [2.24, 2.45) is 46.3 Å². The van der Waals surface area contributed by atoms with Crippen LogP contribution in [0.5, 0.6) is 0 Å². The molecule has 7 fully saturated rings. The zero-order valence-electron chi connectivity index (χ0n) is 20.2. The molecule has 7 aliphatic rings. The second-order valence-electron chi connectivity index (χ2n) is 13.5. The molecule has 1 aliphatic heterocycles. The summed E-state index contributed by atoms with van der Waals surface area (Å²) in [7, 11) is 0. The molecule has 0 aromatic carbocycles. The van der Waals surface area contributed by atoms with Gasteiger partial charge in [-0.15, -0.1) is 0 Å². The van der Waals surface area contributed by atoms with E-state index in [1.807, 2.05) is 0 Å². The van der Waals surface area contributed by atoms with Crippen LogP contribution in [0.2, 0.25) is 0 Å². The zero-order valence-corrected chi connectivity index (χ0v) is 20.2. The van der Waals surface area contributed by atoms with E-state index in [1.54, 1.807) is 0 Å². The molecule has 1 spiro atoms. The average molecular weight is 429 g/mol. The Hall–Kier alpha value is -0.380. The molecule has 4 bridgehead atoms. The van der Waals surface area contributed by atoms with Crippen LogP contribution in [0.1, 0.15) is 91.9 Å². The highest BCUT2D eigenvalue weighted by molar-refractivity contribution is 5.33. The maximum Gasteiger partial charge on any atom is 0.0719 e. The molecule has 0 aromatic heterocycles. The largest absolute Gasteiger partial charge is 0.393 e. The van der Waals surface area contributed by atoms with E-state index < -0.39 is 5.60 Å². The van der Waals surface area contributed by atoms with Gasteiger partial charge in [0.15, 0.2) is 0 Å². The number of hydrogen-bond donors (Lipinski definition) is 2. The second kappa shape index (κ2) is 6.39. The van der Waals surface area contributed by atoms with E-state index in [1.165, 1.54) is 18.4 Å². The minimum Gasteiger partial charge on any atom is -0.393 e. The van der Waals surface area contributed by atoms with Gasteiger partial charge < -0.3 is 14.9 Å². The number of fused-ring (bicyclic) bond motifs is 3. The fourth-order valence-corrected chi connectivity index (χ4v) is 10.6. The molecular weight excluding hydrogens is 384 g/mol. The Morgan fingerprint density at radius 1 is 1.06 bits per heavy atom. The Bertz CT molecular complexity index is 791. The number of hydrogen-bond acceptors (Lipinski definition) is 3. The van der Waals surface area contributed by atoms with E-state index in [-0.39, 0.29) is 22.5 Å². The quantitative estimate of drug-likeness (QED) is 0.582. The molecule has 0 aromatic rings. The normalized spacial score (nSPS) is 59.0. The van der Waals surface area contributed by atoms with Gasteiger partial charge in [0.2, 0.25) is 0 Å². The van der Waals surface area contributed by atoms with Gasteiger partial charge in [-0.1, -0.05) is 32.9 Å². The van der Waals surface area contributed by atoms with Gasteiger partial charge in [0.1, 0.15) is 0 Å². The van der Waals surface area contributed by atoms with Crippen molar-refractivity contribution < 1.29 is 14.9 Å². The van der Waals surface area contributed by atoms with Gasteiger partial charge in [-0.3, -0.25) is 0 Å². The van der Waals surface area contributed by atoms with Gasteiger partial charge in [0.05, 0.1) is 23.4 Å². The van der Waals surface area contributed by atoms with Crippen molar-refractivity contribution in [3.63, 3.8) is 0 Å². The lowest BCUT2D eigenvalue weighted by molar-refractivity contribution is -0.291. The molecule has 0 radical (unpaired) electrons. The Labute approximate surface area is 189 Å². The first-order valence-corrected chi connectivity index (χ1v) is 13.3. The molecule has 2 N–H and O–H groups in total. The van der Waals surface area contributed by atoms with Crippen LogP contribution in [0.3, 0.4) is 0 Å². The van der Waals surface area contributed by atoms with Crippen LogP contribution in [0.25, 0.3) is 0 Å². The number of allylic oxidation sites excluding steroid dienone is 1. The van der Waals surface area contributed by atoms with Gasteiger partial charge >= 0.3 is 0 Å². The molecular formula is C28H44O3. The SMILES string of the molecule is C=C(CCC1(C)OC2C3CC1C21CCC2C4(C)CCC(O)CC4CCC2(O)C31)C(C)C. The van der Waals surface area contributed by atoms with Crippen molar-refractivity contribution in [3.05, 3.63) is 12.2 Å².